The lowest BCUT2D eigenvalue weighted by molar-refractivity contribution is -0.149. The lowest BCUT2D eigenvalue weighted by Crippen LogP contribution is -2.57. The number of hydrogen-bond donors (Lipinski definition) is 4. The predicted molar refractivity (Wildman–Crippen MR) is 168 cm³/mol. The summed E-state index contributed by atoms with van der Waals surface area (Å²) in [7, 11) is 0. The molecule has 0 heterocycles. The van der Waals surface area contributed by atoms with Gasteiger partial charge in [-0.15, -0.1) is 0 Å². The number of amides is 3. The van der Waals surface area contributed by atoms with Gasteiger partial charge in [0.05, 0.1) is 30.4 Å². The van der Waals surface area contributed by atoms with Crippen molar-refractivity contribution in [1.29, 1.82) is 0 Å². The highest BCUT2D eigenvalue weighted by Crippen LogP contribution is 2.29. The fraction of sp³-hybridized carbons (Fsp3) is 0.382. The zero-order valence-corrected chi connectivity index (χ0v) is 25.2. The molecule has 0 saturated carbocycles. The second kappa shape index (κ2) is 16.1. The lowest BCUT2D eigenvalue weighted by atomic mass is 9.92. The van der Waals surface area contributed by atoms with Crippen LogP contribution in [0.15, 0.2) is 78.9 Å². The first-order chi connectivity index (χ1) is 20.6. The SMILES string of the molecule is CCN(CN(C(=O)C(N)CCc1ccccc1)C(=O)C(N)C(C)C)C(=O)c1c(C[C@H](O)CO)cccc1-c1ccccc1. The molecule has 0 spiro atoms. The van der Waals surface area contributed by atoms with E-state index in [2.05, 4.69) is 0 Å². The number of aliphatic hydroxyl groups is 2. The van der Waals surface area contributed by atoms with Gasteiger partial charge in [-0.2, -0.15) is 0 Å². The average Bonchev–Trinajstić information content (AvgIpc) is 3.03. The van der Waals surface area contributed by atoms with Crippen molar-refractivity contribution in [2.75, 3.05) is 19.8 Å². The van der Waals surface area contributed by atoms with Gasteiger partial charge in [-0.05, 0) is 47.9 Å². The number of imide groups is 1. The smallest absolute Gasteiger partial charge is 0.256 e. The highest BCUT2D eigenvalue weighted by molar-refractivity contribution is 6.04. The summed E-state index contributed by atoms with van der Waals surface area (Å²) < 4.78 is 0. The van der Waals surface area contributed by atoms with Crippen molar-refractivity contribution in [1.82, 2.24) is 9.80 Å². The zero-order chi connectivity index (χ0) is 31.5. The summed E-state index contributed by atoms with van der Waals surface area (Å²) in [6, 6.07) is 22.4. The van der Waals surface area contributed by atoms with Crippen molar-refractivity contribution < 1.29 is 24.6 Å². The van der Waals surface area contributed by atoms with Crippen LogP contribution >= 0.6 is 0 Å². The van der Waals surface area contributed by atoms with Gasteiger partial charge in [0.1, 0.15) is 6.67 Å². The van der Waals surface area contributed by atoms with Crippen LogP contribution in [0, 0.1) is 5.92 Å². The molecule has 3 amide bonds. The number of nitrogens with zero attached hydrogens (tertiary/aromatic N) is 2. The van der Waals surface area contributed by atoms with Crippen LogP contribution in [-0.2, 0) is 22.4 Å². The average molecular weight is 589 g/mol. The normalized spacial score (nSPS) is 13.3. The van der Waals surface area contributed by atoms with E-state index in [9.17, 15) is 24.6 Å². The van der Waals surface area contributed by atoms with E-state index < -0.39 is 42.5 Å². The molecule has 0 fully saturated rings. The lowest BCUT2D eigenvalue weighted by Gasteiger charge is -2.33. The van der Waals surface area contributed by atoms with Crippen LogP contribution in [0.4, 0.5) is 0 Å². The fourth-order valence-electron chi connectivity index (χ4n) is 4.84. The van der Waals surface area contributed by atoms with Crippen molar-refractivity contribution in [2.24, 2.45) is 17.4 Å². The molecule has 3 rings (SSSR count). The minimum Gasteiger partial charge on any atom is -0.394 e. The second-order valence-corrected chi connectivity index (χ2v) is 11.1. The van der Waals surface area contributed by atoms with Crippen molar-refractivity contribution >= 4 is 17.7 Å². The summed E-state index contributed by atoms with van der Waals surface area (Å²) in [6.45, 7) is 4.71. The van der Waals surface area contributed by atoms with Crippen molar-refractivity contribution in [3.8, 4) is 11.1 Å². The van der Waals surface area contributed by atoms with Crippen molar-refractivity contribution in [3.05, 3.63) is 95.6 Å². The Bertz CT molecular complexity index is 1350. The quantitative estimate of drug-likeness (QED) is 0.212. The van der Waals surface area contributed by atoms with Crippen molar-refractivity contribution in [3.63, 3.8) is 0 Å². The van der Waals surface area contributed by atoms with E-state index in [0.717, 1.165) is 16.0 Å². The molecule has 230 valence electrons. The number of hydrogen-bond acceptors (Lipinski definition) is 7. The van der Waals surface area contributed by atoms with Gasteiger partial charge in [0, 0.05) is 13.0 Å². The standard InChI is InChI=1S/C34H44N4O5/c1-4-37(33(42)30-26(20-27(40)21-39)16-11-17-28(30)25-14-9-6-10-15-25)22-38(34(43)31(36)23(2)3)32(41)29(35)19-18-24-12-7-5-8-13-24/h5-17,23,27,29,31,39-40H,4,18-22,35-36H2,1-3H3/t27-,29?,31?/m0/s1. The maximum absolute atomic E-state index is 14.3. The Balaban J connectivity index is 1.98. The molecule has 2 unspecified atom stereocenters. The molecular formula is C34H44N4O5. The minimum atomic E-state index is -1.07. The summed E-state index contributed by atoms with van der Waals surface area (Å²) in [6.07, 6.45) is -0.175. The Morgan fingerprint density at radius 3 is 2.07 bits per heavy atom. The summed E-state index contributed by atoms with van der Waals surface area (Å²) in [5.74, 6) is -1.88. The first-order valence-corrected chi connectivity index (χ1v) is 14.7. The molecule has 0 aliphatic rings. The predicted octanol–water partition coefficient (Wildman–Crippen LogP) is 2.97. The van der Waals surface area contributed by atoms with Gasteiger partial charge in [0.15, 0.2) is 0 Å². The van der Waals surface area contributed by atoms with E-state index >= 15 is 0 Å². The Labute approximate surface area is 254 Å². The van der Waals surface area contributed by atoms with Gasteiger partial charge in [-0.25, -0.2) is 0 Å². The van der Waals surface area contributed by atoms with E-state index in [1.54, 1.807) is 32.9 Å². The number of benzene rings is 3. The van der Waals surface area contributed by atoms with Crippen LogP contribution in [0.5, 0.6) is 0 Å². The highest BCUT2D eigenvalue weighted by Gasteiger charge is 2.34. The van der Waals surface area contributed by atoms with E-state index in [1.807, 2.05) is 66.7 Å². The van der Waals surface area contributed by atoms with Crippen LogP contribution in [0.25, 0.3) is 11.1 Å². The number of aryl methyl sites for hydroxylation is 1. The Morgan fingerprint density at radius 1 is 0.860 bits per heavy atom. The van der Waals surface area contributed by atoms with Crippen LogP contribution in [0.2, 0.25) is 0 Å². The molecule has 9 nitrogen and oxygen atoms in total. The molecule has 0 saturated heterocycles. The molecule has 6 N–H and O–H groups in total. The maximum atomic E-state index is 14.3. The number of carbonyl (C=O) groups is 3. The third-order valence-electron chi connectivity index (χ3n) is 7.54. The van der Waals surface area contributed by atoms with Gasteiger partial charge < -0.3 is 26.6 Å². The Morgan fingerprint density at radius 2 is 1.49 bits per heavy atom. The minimum absolute atomic E-state index is 0.0416. The molecule has 0 aliphatic carbocycles. The summed E-state index contributed by atoms with van der Waals surface area (Å²) >= 11 is 0. The summed E-state index contributed by atoms with van der Waals surface area (Å²) in [5.41, 5.74) is 15.9. The topological polar surface area (TPSA) is 150 Å². The molecule has 3 aromatic rings. The molecule has 43 heavy (non-hydrogen) atoms. The van der Waals surface area contributed by atoms with Gasteiger partial charge in [0.25, 0.3) is 5.91 Å². The molecule has 9 heteroatoms. The molecule has 3 aromatic carbocycles. The van der Waals surface area contributed by atoms with Crippen LogP contribution in [0.1, 0.15) is 48.7 Å². The Hall–Kier alpha value is -3.89. The van der Waals surface area contributed by atoms with E-state index in [-0.39, 0.29) is 25.6 Å². The molecule has 0 bridgehead atoms. The molecule has 0 aliphatic heterocycles. The highest BCUT2D eigenvalue weighted by atomic mass is 16.3. The van der Waals surface area contributed by atoms with Crippen LogP contribution < -0.4 is 11.5 Å². The fourth-order valence-corrected chi connectivity index (χ4v) is 4.84. The largest absolute Gasteiger partial charge is 0.394 e. The van der Waals surface area contributed by atoms with E-state index in [1.165, 1.54) is 4.90 Å². The third-order valence-corrected chi connectivity index (χ3v) is 7.54. The maximum Gasteiger partial charge on any atom is 0.256 e. The second-order valence-electron chi connectivity index (χ2n) is 11.1. The van der Waals surface area contributed by atoms with Crippen LogP contribution in [-0.4, -0.2) is 75.7 Å². The number of aliphatic hydroxyl groups excluding tert-OH is 2. The number of carbonyl (C=O) groups excluding carboxylic acids is 3. The van der Waals surface area contributed by atoms with Crippen molar-refractivity contribution in [2.45, 2.75) is 58.2 Å². The monoisotopic (exact) mass is 588 g/mol. The first kappa shape index (κ1) is 33.6. The van der Waals surface area contributed by atoms with Gasteiger partial charge in [0.2, 0.25) is 11.8 Å². The number of rotatable bonds is 14. The van der Waals surface area contributed by atoms with E-state index in [0.29, 0.717) is 29.5 Å². The van der Waals surface area contributed by atoms with Crippen LogP contribution in [0.3, 0.4) is 0 Å². The summed E-state index contributed by atoms with van der Waals surface area (Å²) in [4.78, 5) is 44.0. The van der Waals surface area contributed by atoms with Gasteiger partial charge in [-0.3, -0.25) is 19.3 Å². The van der Waals surface area contributed by atoms with E-state index in [4.69, 9.17) is 11.5 Å². The van der Waals surface area contributed by atoms with Gasteiger partial charge in [-0.1, -0.05) is 92.7 Å². The molecule has 0 aromatic heterocycles. The third kappa shape index (κ3) is 8.81. The Kier molecular flexibility index (Phi) is 12.6. The first-order valence-electron chi connectivity index (χ1n) is 14.7. The zero-order valence-electron chi connectivity index (χ0n) is 25.2. The van der Waals surface area contributed by atoms with Gasteiger partial charge >= 0.3 is 0 Å². The summed E-state index contributed by atoms with van der Waals surface area (Å²) in [5, 5.41) is 19.8. The number of nitrogens with two attached hydrogens (primary N) is 2. The molecule has 3 atom stereocenters. The molecule has 0 radical (unpaired) electrons. The molecular weight excluding hydrogens is 544 g/mol.